The van der Waals surface area contributed by atoms with Crippen LogP contribution in [0.1, 0.15) is 17.9 Å². The third kappa shape index (κ3) is 3.45. The molecule has 1 aliphatic heterocycles. The lowest BCUT2D eigenvalue weighted by Crippen LogP contribution is -2.27. The van der Waals surface area contributed by atoms with Crippen LogP contribution in [-0.2, 0) is 23.8 Å². The summed E-state index contributed by atoms with van der Waals surface area (Å²) < 4.78 is 28.9. The van der Waals surface area contributed by atoms with Gasteiger partial charge in [0.1, 0.15) is 29.6 Å². The number of nitrogens with two attached hydrogens (primary N) is 1. The summed E-state index contributed by atoms with van der Waals surface area (Å²) in [7, 11) is 2.29. The standard InChI is InChI=1S/C17H15FN2O5/c1-23-13(21)7-12-15(17(22)24-2)14(10(8-19)16(20)25-12)9-5-3-4-6-11(9)18/h3-6,14H,7,20H2,1-2H3. The van der Waals surface area contributed by atoms with Crippen LogP contribution in [0.25, 0.3) is 0 Å². The molecule has 0 radical (unpaired) electrons. The molecule has 1 aromatic carbocycles. The van der Waals surface area contributed by atoms with E-state index < -0.39 is 30.1 Å². The lowest BCUT2D eigenvalue weighted by Gasteiger charge is -2.27. The smallest absolute Gasteiger partial charge is 0.338 e. The number of ether oxygens (including phenoxy) is 3. The number of carbonyl (C=O) groups excluding carboxylic acids is 2. The summed E-state index contributed by atoms with van der Waals surface area (Å²) in [5.74, 6) is -3.84. The Balaban J connectivity index is 2.72. The van der Waals surface area contributed by atoms with E-state index in [1.807, 2.05) is 6.07 Å². The van der Waals surface area contributed by atoms with Gasteiger partial charge in [-0.05, 0) is 6.07 Å². The van der Waals surface area contributed by atoms with E-state index in [2.05, 4.69) is 4.74 Å². The Labute approximate surface area is 143 Å². The molecule has 25 heavy (non-hydrogen) atoms. The van der Waals surface area contributed by atoms with Crippen molar-refractivity contribution in [1.82, 2.24) is 0 Å². The zero-order chi connectivity index (χ0) is 18.6. The number of benzene rings is 1. The summed E-state index contributed by atoms with van der Waals surface area (Å²) in [6.07, 6.45) is -0.425. The second kappa shape index (κ2) is 7.49. The van der Waals surface area contributed by atoms with E-state index in [0.29, 0.717) is 0 Å². The van der Waals surface area contributed by atoms with E-state index in [9.17, 15) is 19.2 Å². The Morgan fingerprint density at radius 1 is 1.32 bits per heavy atom. The van der Waals surface area contributed by atoms with Gasteiger partial charge in [-0.1, -0.05) is 18.2 Å². The number of carbonyl (C=O) groups is 2. The zero-order valence-corrected chi connectivity index (χ0v) is 13.5. The quantitative estimate of drug-likeness (QED) is 0.825. The van der Waals surface area contributed by atoms with E-state index in [1.54, 1.807) is 6.07 Å². The molecule has 0 saturated heterocycles. The SMILES string of the molecule is COC(=O)CC1=C(C(=O)OC)C(c2ccccc2F)C(C#N)=C(N)O1. The van der Waals surface area contributed by atoms with Crippen LogP contribution in [0, 0.1) is 17.1 Å². The molecule has 0 spiro atoms. The molecule has 0 aliphatic carbocycles. The van der Waals surface area contributed by atoms with E-state index in [-0.39, 0.29) is 28.4 Å². The number of methoxy groups -OCH3 is 2. The van der Waals surface area contributed by atoms with Crippen molar-refractivity contribution in [2.75, 3.05) is 14.2 Å². The number of nitriles is 1. The predicted octanol–water partition coefficient (Wildman–Crippen LogP) is 1.62. The second-order valence-electron chi connectivity index (χ2n) is 5.03. The van der Waals surface area contributed by atoms with Crippen LogP contribution in [0.5, 0.6) is 0 Å². The van der Waals surface area contributed by atoms with E-state index in [0.717, 1.165) is 14.2 Å². The number of hydrogen-bond donors (Lipinski definition) is 1. The minimum absolute atomic E-state index is 0.0352. The van der Waals surface area contributed by atoms with Gasteiger partial charge in [-0.2, -0.15) is 5.26 Å². The highest BCUT2D eigenvalue weighted by Gasteiger charge is 2.39. The Morgan fingerprint density at radius 3 is 2.56 bits per heavy atom. The Morgan fingerprint density at radius 2 is 2.00 bits per heavy atom. The first-order valence-corrected chi connectivity index (χ1v) is 7.14. The third-order valence-corrected chi connectivity index (χ3v) is 3.65. The molecule has 1 atom stereocenters. The summed E-state index contributed by atoms with van der Waals surface area (Å²) in [6, 6.07) is 7.44. The summed E-state index contributed by atoms with van der Waals surface area (Å²) in [5, 5.41) is 9.41. The largest absolute Gasteiger partial charge is 0.469 e. The molecule has 1 heterocycles. The Hall–Kier alpha value is -3.34. The monoisotopic (exact) mass is 346 g/mol. The number of allylic oxidation sites excluding steroid dienone is 1. The number of halogens is 1. The average molecular weight is 346 g/mol. The fourth-order valence-electron chi connectivity index (χ4n) is 2.51. The van der Waals surface area contributed by atoms with Crippen molar-refractivity contribution in [3.8, 4) is 6.07 Å². The van der Waals surface area contributed by atoms with Crippen LogP contribution in [0.4, 0.5) is 4.39 Å². The fourth-order valence-corrected chi connectivity index (χ4v) is 2.51. The Kier molecular flexibility index (Phi) is 5.39. The molecule has 0 amide bonds. The average Bonchev–Trinajstić information content (AvgIpc) is 2.61. The molecule has 0 bridgehead atoms. The highest BCUT2D eigenvalue weighted by atomic mass is 19.1. The lowest BCUT2D eigenvalue weighted by molar-refractivity contribution is -0.140. The molecular weight excluding hydrogens is 331 g/mol. The van der Waals surface area contributed by atoms with Gasteiger partial charge in [0.25, 0.3) is 0 Å². The molecule has 0 fully saturated rings. The topological polar surface area (TPSA) is 112 Å². The van der Waals surface area contributed by atoms with Gasteiger partial charge in [0.05, 0.1) is 25.7 Å². The maximum atomic E-state index is 14.3. The van der Waals surface area contributed by atoms with Crippen LogP contribution < -0.4 is 5.73 Å². The predicted molar refractivity (Wildman–Crippen MR) is 82.7 cm³/mol. The van der Waals surface area contributed by atoms with Gasteiger partial charge in [0.15, 0.2) is 0 Å². The summed E-state index contributed by atoms with van der Waals surface area (Å²) >= 11 is 0. The number of esters is 2. The van der Waals surface area contributed by atoms with Crippen molar-refractivity contribution in [3.63, 3.8) is 0 Å². The summed E-state index contributed by atoms with van der Waals surface area (Å²) in [5.41, 5.74) is 5.46. The molecular formula is C17H15FN2O5. The molecule has 0 aromatic heterocycles. The van der Waals surface area contributed by atoms with Crippen molar-refractivity contribution >= 4 is 11.9 Å². The summed E-state index contributed by atoms with van der Waals surface area (Å²) in [4.78, 5) is 23.9. The van der Waals surface area contributed by atoms with E-state index in [1.165, 1.54) is 18.2 Å². The second-order valence-corrected chi connectivity index (χ2v) is 5.03. The lowest BCUT2D eigenvalue weighted by atomic mass is 9.82. The molecule has 7 nitrogen and oxygen atoms in total. The van der Waals surface area contributed by atoms with Gasteiger partial charge < -0.3 is 19.9 Å². The van der Waals surface area contributed by atoms with Crippen molar-refractivity contribution in [3.05, 3.63) is 58.4 Å². The van der Waals surface area contributed by atoms with Crippen molar-refractivity contribution in [1.29, 1.82) is 5.26 Å². The van der Waals surface area contributed by atoms with Gasteiger partial charge >= 0.3 is 11.9 Å². The fraction of sp³-hybridized carbons (Fsp3) is 0.235. The first-order valence-electron chi connectivity index (χ1n) is 7.14. The third-order valence-electron chi connectivity index (χ3n) is 3.65. The number of hydrogen-bond acceptors (Lipinski definition) is 7. The molecule has 1 aromatic rings. The van der Waals surface area contributed by atoms with Gasteiger partial charge in [-0.3, -0.25) is 4.79 Å². The van der Waals surface area contributed by atoms with Gasteiger partial charge in [-0.15, -0.1) is 0 Å². The molecule has 1 aliphatic rings. The van der Waals surface area contributed by atoms with E-state index in [4.69, 9.17) is 15.2 Å². The van der Waals surface area contributed by atoms with Crippen molar-refractivity contribution in [2.24, 2.45) is 5.73 Å². The highest BCUT2D eigenvalue weighted by Crippen LogP contribution is 2.41. The number of nitrogens with zero attached hydrogens (tertiary/aromatic N) is 1. The normalized spacial score (nSPS) is 16.8. The molecule has 2 N–H and O–H groups in total. The van der Waals surface area contributed by atoms with E-state index >= 15 is 0 Å². The Bertz CT molecular complexity index is 823. The van der Waals surface area contributed by atoms with Crippen LogP contribution >= 0.6 is 0 Å². The minimum Gasteiger partial charge on any atom is -0.469 e. The van der Waals surface area contributed by atoms with Crippen LogP contribution in [-0.4, -0.2) is 26.2 Å². The zero-order valence-electron chi connectivity index (χ0n) is 13.5. The molecule has 1 unspecified atom stereocenters. The van der Waals surface area contributed by atoms with Crippen LogP contribution in [0.3, 0.4) is 0 Å². The summed E-state index contributed by atoms with van der Waals surface area (Å²) in [6.45, 7) is 0. The highest BCUT2D eigenvalue weighted by molar-refractivity contribution is 5.93. The van der Waals surface area contributed by atoms with Gasteiger partial charge in [0.2, 0.25) is 5.88 Å². The van der Waals surface area contributed by atoms with Gasteiger partial charge in [0, 0.05) is 5.56 Å². The first kappa shape index (κ1) is 18.0. The first-order chi connectivity index (χ1) is 11.9. The minimum atomic E-state index is -1.16. The van der Waals surface area contributed by atoms with Crippen LogP contribution in [0.15, 0.2) is 47.1 Å². The van der Waals surface area contributed by atoms with Crippen LogP contribution in [0.2, 0.25) is 0 Å². The molecule has 0 saturated carbocycles. The van der Waals surface area contributed by atoms with Crippen molar-refractivity contribution in [2.45, 2.75) is 12.3 Å². The molecule has 130 valence electrons. The molecule has 8 heteroatoms. The molecule has 2 rings (SSSR count). The van der Waals surface area contributed by atoms with Crippen molar-refractivity contribution < 1.29 is 28.2 Å². The van der Waals surface area contributed by atoms with Gasteiger partial charge in [-0.25, -0.2) is 9.18 Å². The maximum Gasteiger partial charge on any atom is 0.338 e. The maximum absolute atomic E-state index is 14.3. The number of rotatable bonds is 4.